The first-order valence-electron chi connectivity index (χ1n) is 15.3. The van der Waals surface area contributed by atoms with Crippen molar-refractivity contribution >= 4 is 36.3 Å². The fourth-order valence-electron chi connectivity index (χ4n) is 3.91. The van der Waals surface area contributed by atoms with E-state index in [1.54, 1.807) is 32.0 Å². The Hall–Kier alpha value is -4.26. The molecule has 244 valence electrons. The predicted molar refractivity (Wildman–Crippen MR) is 176 cm³/mol. The lowest BCUT2D eigenvalue weighted by Crippen LogP contribution is -2.39. The number of carbonyl (C=O) groups is 2. The number of nitrogens with two attached hydrogens (primary N) is 1. The summed E-state index contributed by atoms with van der Waals surface area (Å²) in [5.74, 6) is -1.47. The van der Waals surface area contributed by atoms with Crippen LogP contribution in [0.1, 0.15) is 92.7 Å². The van der Waals surface area contributed by atoms with Gasteiger partial charge in [0.1, 0.15) is 18.7 Å². The van der Waals surface area contributed by atoms with Crippen molar-refractivity contribution in [2.75, 3.05) is 7.05 Å². The molecule has 0 radical (unpaired) electrons. The first-order valence-corrected chi connectivity index (χ1v) is 15.3. The highest BCUT2D eigenvalue weighted by molar-refractivity contribution is 6.00. The fourth-order valence-corrected chi connectivity index (χ4v) is 3.91. The van der Waals surface area contributed by atoms with E-state index in [0.717, 1.165) is 61.1 Å². The van der Waals surface area contributed by atoms with Crippen molar-refractivity contribution in [1.29, 1.82) is 5.26 Å². The first kappa shape index (κ1) is 38.8. The van der Waals surface area contributed by atoms with E-state index in [1.807, 2.05) is 40.7 Å². The van der Waals surface area contributed by atoms with Crippen molar-refractivity contribution < 1.29 is 22.8 Å². The zero-order valence-corrected chi connectivity index (χ0v) is 27.6. The van der Waals surface area contributed by atoms with Gasteiger partial charge in [-0.2, -0.15) is 18.4 Å². The Kier molecular flexibility index (Phi) is 16.0. The van der Waals surface area contributed by atoms with Crippen LogP contribution in [0.25, 0.3) is 6.08 Å². The minimum atomic E-state index is -4.47. The highest BCUT2D eigenvalue weighted by Crippen LogP contribution is 2.38. The van der Waals surface area contributed by atoms with Crippen molar-refractivity contribution in [1.82, 2.24) is 4.90 Å². The smallest absolute Gasteiger partial charge is 0.369 e. The number of benzene rings is 2. The molecule has 2 fully saturated rings. The molecule has 7 nitrogen and oxygen atoms in total. The Morgan fingerprint density at radius 3 is 2.07 bits per heavy atom. The Bertz CT molecular complexity index is 1390. The summed E-state index contributed by atoms with van der Waals surface area (Å²) in [6.07, 6.45) is 4.10. The molecule has 1 unspecified atom stereocenters. The third-order valence-corrected chi connectivity index (χ3v) is 7.09. The van der Waals surface area contributed by atoms with E-state index in [0.29, 0.717) is 11.5 Å². The first-order chi connectivity index (χ1) is 21.3. The summed E-state index contributed by atoms with van der Waals surface area (Å²) in [6, 6.07) is 9.66. The highest BCUT2D eigenvalue weighted by Gasteiger charge is 2.39. The van der Waals surface area contributed by atoms with Crippen molar-refractivity contribution in [2.24, 2.45) is 27.6 Å². The summed E-state index contributed by atoms with van der Waals surface area (Å²) in [5.41, 5.74) is 9.42. The van der Waals surface area contributed by atoms with E-state index < -0.39 is 12.1 Å². The second kappa shape index (κ2) is 18.5. The number of aliphatic imine (C=N–C) groups is 2. The Balaban J connectivity index is 0.000000989. The van der Waals surface area contributed by atoms with Crippen LogP contribution in [0.5, 0.6) is 0 Å². The summed E-state index contributed by atoms with van der Waals surface area (Å²) in [6.45, 7) is 13.5. The molecule has 0 saturated heterocycles. The van der Waals surface area contributed by atoms with Gasteiger partial charge in [0.2, 0.25) is 11.9 Å². The number of aldehydes is 1. The minimum absolute atomic E-state index is 0.0116. The number of rotatable bonds is 7. The lowest BCUT2D eigenvalue weighted by molar-refractivity contribution is -0.139. The molecule has 0 aliphatic heterocycles. The number of carbonyl (C=O) groups excluding carboxylic acids is 2. The number of hydrogen-bond donors (Lipinski definition) is 1. The number of guanidine groups is 1. The number of aryl methyl sites for hydroxylation is 2. The van der Waals surface area contributed by atoms with Crippen LogP contribution in [0, 0.1) is 43.9 Å². The quantitative estimate of drug-likeness (QED) is 0.189. The molecule has 2 N–H and O–H groups in total. The van der Waals surface area contributed by atoms with Gasteiger partial charge in [0.25, 0.3) is 0 Å². The SMILES string of the molecule is CC.CC.Cc1cc(C(/C=C/c2ccc(N=CN=C(N)N(C)C(=O)C3CC3)c(C#N)c2)C(F)(F)F)cc(C)c1C.O=CC1CC1. The van der Waals surface area contributed by atoms with E-state index in [4.69, 9.17) is 5.73 Å². The molecule has 2 aromatic carbocycles. The van der Waals surface area contributed by atoms with Gasteiger partial charge in [-0.1, -0.05) is 58.0 Å². The summed E-state index contributed by atoms with van der Waals surface area (Å²) >= 11 is 0. The van der Waals surface area contributed by atoms with E-state index in [-0.39, 0.29) is 34.6 Å². The molecule has 10 heteroatoms. The van der Waals surface area contributed by atoms with Crippen molar-refractivity contribution in [2.45, 2.75) is 86.2 Å². The molecule has 2 aromatic rings. The molecule has 2 saturated carbocycles. The number of amides is 1. The van der Waals surface area contributed by atoms with E-state index in [9.17, 15) is 28.0 Å². The summed E-state index contributed by atoms with van der Waals surface area (Å²) in [7, 11) is 1.53. The number of allylic oxidation sites excluding steroid dienone is 1. The second-order valence-electron chi connectivity index (χ2n) is 10.4. The maximum absolute atomic E-state index is 13.9. The molecule has 1 amide bonds. The predicted octanol–water partition coefficient (Wildman–Crippen LogP) is 8.33. The standard InChI is InChI=1S/C27H28F3N5O.C4H6O.2C2H6/c1-16-11-21(12-17(2)18(16)3)23(27(28,29)30)9-5-19-6-10-24(22(13-19)14-31)33-15-34-26(32)35(4)25(36)20-7-8-20;5-3-4-1-2-4;2*1-2/h5-6,9-13,15,20,23H,7-8H2,1-4H3,(H2,32,33,34);3-4H,1-2H2;2*1-2H3/b9-5+;;;. The topological polar surface area (TPSA) is 112 Å². The van der Waals surface area contributed by atoms with Crippen LogP contribution in [0.3, 0.4) is 0 Å². The summed E-state index contributed by atoms with van der Waals surface area (Å²) in [5, 5.41) is 9.51. The summed E-state index contributed by atoms with van der Waals surface area (Å²) < 4.78 is 41.6. The molecule has 0 aromatic heterocycles. The normalized spacial score (nSPS) is 15.0. The Morgan fingerprint density at radius 2 is 1.62 bits per heavy atom. The van der Waals surface area contributed by atoms with E-state index >= 15 is 0 Å². The zero-order valence-electron chi connectivity index (χ0n) is 27.6. The average Bonchev–Trinajstić information content (AvgIpc) is 3.95. The van der Waals surface area contributed by atoms with Crippen LogP contribution in [-0.4, -0.2) is 42.6 Å². The molecule has 1 atom stereocenters. The number of nitrogens with zero attached hydrogens (tertiary/aromatic N) is 4. The van der Waals surface area contributed by atoms with Gasteiger partial charge in [0, 0.05) is 18.9 Å². The largest absolute Gasteiger partial charge is 0.399 e. The number of hydrogen-bond acceptors (Lipinski definition) is 4. The molecule has 45 heavy (non-hydrogen) atoms. The Labute approximate surface area is 265 Å². The van der Waals surface area contributed by atoms with Crippen LogP contribution < -0.4 is 5.73 Å². The van der Waals surface area contributed by atoms with Crippen LogP contribution >= 0.6 is 0 Å². The lowest BCUT2D eigenvalue weighted by atomic mass is 9.91. The summed E-state index contributed by atoms with van der Waals surface area (Å²) in [4.78, 5) is 30.9. The molecule has 2 aliphatic rings. The fraction of sp³-hybridized carbons (Fsp3) is 0.457. The number of nitriles is 1. The molecule has 4 rings (SSSR count). The van der Waals surface area contributed by atoms with Gasteiger partial charge in [0.15, 0.2) is 0 Å². The van der Waals surface area contributed by atoms with E-state index in [2.05, 4.69) is 9.98 Å². The van der Waals surface area contributed by atoms with Crippen molar-refractivity contribution in [3.05, 3.63) is 69.8 Å². The average molecular weight is 626 g/mol. The van der Waals surface area contributed by atoms with Gasteiger partial charge in [-0.25, -0.2) is 9.98 Å². The monoisotopic (exact) mass is 625 g/mol. The lowest BCUT2D eigenvalue weighted by Gasteiger charge is -2.19. The van der Waals surface area contributed by atoms with Crippen LogP contribution in [0.15, 0.2) is 46.4 Å². The third kappa shape index (κ3) is 12.3. The van der Waals surface area contributed by atoms with Crippen LogP contribution in [-0.2, 0) is 9.59 Å². The Morgan fingerprint density at radius 1 is 1.04 bits per heavy atom. The third-order valence-electron chi connectivity index (χ3n) is 7.09. The van der Waals surface area contributed by atoms with Crippen LogP contribution in [0.4, 0.5) is 18.9 Å². The second-order valence-corrected chi connectivity index (χ2v) is 10.4. The maximum Gasteiger partial charge on any atom is 0.399 e. The zero-order chi connectivity index (χ0) is 34.3. The molecular weight excluding hydrogens is 579 g/mol. The van der Waals surface area contributed by atoms with Gasteiger partial charge in [-0.3, -0.25) is 9.69 Å². The molecule has 0 bridgehead atoms. The van der Waals surface area contributed by atoms with Gasteiger partial charge >= 0.3 is 6.18 Å². The maximum atomic E-state index is 13.9. The van der Waals surface area contributed by atoms with Crippen molar-refractivity contribution in [3.8, 4) is 6.07 Å². The van der Waals surface area contributed by atoms with E-state index in [1.165, 1.54) is 30.2 Å². The minimum Gasteiger partial charge on any atom is -0.369 e. The molecule has 0 heterocycles. The molecular formula is C35H46F3N5O2. The van der Waals surface area contributed by atoms with Gasteiger partial charge in [-0.05, 0) is 86.4 Å². The highest BCUT2D eigenvalue weighted by atomic mass is 19.4. The van der Waals surface area contributed by atoms with Gasteiger partial charge < -0.3 is 10.5 Å². The van der Waals surface area contributed by atoms with Gasteiger partial charge in [-0.15, -0.1) is 0 Å². The van der Waals surface area contributed by atoms with Crippen molar-refractivity contribution in [3.63, 3.8) is 0 Å². The number of halogens is 3. The van der Waals surface area contributed by atoms with Crippen LogP contribution in [0.2, 0.25) is 0 Å². The molecule has 0 spiro atoms. The van der Waals surface area contributed by atoms with Gasteiger partial charge in [0.05, 0.1) is 17.2 Å². The molecule has 2 aliphatic carbocycles. The number of alkyl halides is 3.